The van der Waals surface area contributed by atoms with Crippen LogP contribution in [0, 0.1) is 12.8 Å². The van der Waals surface area contributed by atoms with Crippen molar-refractivity contribution in [3.05, 3.63) is 28.8 Å². The summed E-state index contributed by atoms with van der Waals surface area (Å²) in [4.78, 5) is 17.0. The van der Waals surface area contributed by atoms with Crippen molar-refractivity contribution in [1.82, 2.24) is 9.80 Å². The zero-order valence-corrected chi connectivity index (χ0v) is 19.6. The molecule has 6 heteroatoms. The Bertz CT molecular complexity index is 749. The molecule has 0 atom stereocenters. The number of benzene rings is 1. The summed E-state index contributed by atoms with van der Waals surface area (Å²) in [7, 11) is 0. The van der Waals surface area contributed by atoms with Gasteiger partial charge in [-0.1, -0.05) is 30.9 Å². The fourth-order valence-electron chi connectivity index (χ4n) is 5.85. The Hall–Kier alpha value is -1.30. The highest BCUT2D eigenvalue weighted by Crippen LogP contribution is 2.37. The van der Waals surface area contributed by atoms with Crippen LogP contribution in [0.3, 0.4) is 0 Å². The van der Waals surface area contributed by atoms with Gasteiger partial charge >= 0.3 is 5.97 Å². The smallest absolute Gasteiger partial charge is 0.324 e. The van der Waals surface area contributed by atoms with E-state index in [2.05, 4.69) is 9.80 Å². The first-order valence-corrected chi connectivity index (χ1v) is 12.5. The average Bonchev–Trinajstić information content (AvgIpc) is 2.78. The molecule has 2 aliphatic heterocycles. The molecule has 0 aromatic heterocycles. The highest BCUT2D eigenvalue weighted by Gasteiger charge is 2.45. The standard InChI is InChI=1S/C25H37ClN2O3/c1-19-17-21(26)5-6-23(19)31-22-9-13-27(14-10-22)18-20-7-15-28(16-8-20)25(24(29)30)11-3-2-4-12-25/h5-6,17,20,22H,2-4,7-16,18H2,1H3,(H,29,30). The van der Waals surface area contributed by atoms with Crippen molar-refractivity contribution in [2.45, 2.75) is 76.4 Å². The van der Waals surface area contributed by atoms with E-state index in [0.29, 0.717) is 5.92 Å². The maximum Gasteiger partial charge on any atom is 0.324 e. The van der Waals surface area contributed by atoms with Crippen LogP contribution in [0.5, 0.6) is 5.75 Å². The molecule has 0 bridgehead atoms. The minimum absolute atomic E-state index is 0.277. The molecule has 2 heterocycles. The summed E-state index contributed by atoms with van der Waals surface area (Å²) in [5, 5.41) is 10.7. The van der Waals surface area contributed by atoms with E-state index in [9.17, 15) is 9.90 Å². The Morgan fingerprint density at radius 2 is 1.77 bits per heavy atom. The van der Waals surface area contributed by atoms with E-state index in [-0.39, 0.29) is 6.10 Å². The number of hydrogen-bond acceptors (Lipinski definition) is 4. The average molecular weight is 449 g/mol. The van der Waals surface area contributed by atoms with Gasteiger partial charge in [0.1, 0.15) is 17.4 Å². The Labute approximate surface area is 191 Å². The van der Waals surface area contributed by atoms with Crippen LogP contribution < -0.4 is 4.74 Å². The molecule has 31 heavy (non-hydrogen) atoms. The van der Waals surface area contributed by atoms with Crippen LogP contribution in [0.2, 0.25) is 5.02 Å². The van der Waals surface area contributed by atoms with Gasteiger partial charge in [-0.15, -0.1) is 0 Å². The fraction of sp³-hybridized carbons (Fsp3) is 0.720. The SMILES string of the molecule is Cc1cc(Cl)ccc1OC1CCN(CC2CCN(C3(C(=O)O)CCCCC3)CC2)CC1. The molecule has 0 amide bonds. The summed E-state index contributed by atoms with van der Waals surface area (Å²) in [6.07, 6.45) is 9.58. The molecule has 0 radical (unpaired) electrons. The van der Waals surface area contributed by atoms with Crippen molar-refractivity contribution in [2.24, 2.45) is 5.92 Å². The van der Waals surface area contributed by atoms with Crippen molar-refractivity contribution in [1.29, 1.82) is 0 Å². The van der Waals surface area contributed by atoms with Gasteiger partial charge in [-0.3, -0.25) is 9.69 Å². The van der Waals surface area contributed by atoms with E-state index in [4.69, 9.17) is 16.3 Å². The molecule has 0 unspecified atom stereocenters. The van der Waals surface area contributed by atoms with Crippen molar-refractivity contribution in [3.8, 4) is 5.75 Å². The van der Waals surface area contributed by atoms with Crippen LogP contribution in [0.1, 0.15) is 63.4 Å². The number of aliphatic carboxylic acids is 1. The van der Waals surface area contributed by atoms with E-state index in [1.54, 1.807) is 0 Å². The summed E-state index contributed by atoms with van der Waals surface area (Å²) < 4.78 is 6.25. The molecule has 1 N–H and O–H groups in total. The minimum atomic E-state index is -0.594. The third kappa shape index (κ3) is 5.37. The summed E-state index contributed by atoms with van der Waals surface area (Å²) >= 11 is 6.05. The van der Waals surface area contributed by atoms with E-state index >= 15 is 0 Å². The molecule has 1 aromatic carbocycles. The van der Waals surface area contributed by atoms with Crippen LogP contribution in [0.4, 0.5) is 0 Å². The number of carbonyl (C=O) groups is 1. The van der Waals surface area contributed by atoms with Gasteiger partial charge < -0.3 is 14.7 Å². The number of hydrogen-bond donors (Lipinski definition) is 1. The topological polar surface area (TPSA) is 53.0 Å². The molecule has 4 rings (SSSR count). The second-order valence-corrected chi connectivity index (χ2v) is 10.3. The monoisotopic (exact) mass is 448 g/mol. The number of piperidine rings is 2. The van der Waals surface area contributed by atoms with Gasteiger partial charge in [0.05, 0.1) is 0 Å². The van der Waals surface area contributed by atoms with E-state index < -0.39 is 11.5 Å². The lowest BCUT2D eigenvalue weighted by Gasteiger charge is -2.47. The number of ether oxygens (including phenoxy) is 1. The normalized spacial score (nSPS) is 24.2. The molecule has 172 valence electrons. The second kappa shape index (κ2) is 10.1. The van der Waals surface area contributed by atoms with E-state index in [1.165, 1.54) is 6.42 Å². The van der Waals surface area contributed by atoms with Gasteiger partial charge in [-0.2, -0.15) is 0 Å². The third-order valence-corrected chi connectivity index (χ3v) is 8.02. The van der Waals surface area contributed by atoms with Gasteiger partial charge in [0.2, 0.25) is 0 Å². The number of likely N-dealkylation sites (tertiary alicyclic amines) is 2. The third-order valence-electron chi connectivity index (χ3n) is 7.78. The molecule has 3 fully saturated rings. The number of nitrogens with zero attached hydrogens (tertiary/aromatic N) is 2. The highest BCUT2D eigenvalue weighted by atomic mass is 35.5. The Kier molecular flexibility index (Phi) is 7.45. The fourth-order valence-corrected chi connectivity index (χ4v) is 6.07. The van der Waals surface area contributed by atoms with Crippen LogP contribution in [0.15, 0.2) is 18.2 Å². The number of aryl methyl sites for hydroxylation is 1. The molecule has 1 aliphatic carbocycles. The number of carboxylic acid groups (broad SMARTS) is 1. The number of rotatable bonds is 6. The molecular weight excluding hydrogens is 412 g/mol. The van der Waals surface area contributed by atoms with Gasteiger partial charge in [0, 0.05) is 24.7 Å². The zero-order valence-electron chi connectivity index (χ0n) is 18.8. The summed E-state index contributed by atoms with van der Waals surface area (Å²) in [6, 6.07) is 5.83. The lowest BCUT2D eigenvalue weighted by molar-refractivity contribution is -0.155. The Morgan fingerprint density at radius 3 is 2.39 bits per heavy atom. The molecular formula is C25H37ClN2O3. The van der Waals surface area contributed by atoms with Gasteiger partial charge in [0.15, 0.2) is 0 Å². The molecule has 1 aromatic rings. The van der Waals surface area contributed by atoms with E-state index in [0.717, 1.165) is 100 Å². The summed E-state index contributed by atoms with van der Waals surface area (Å²) in [6.45, 7) is 7.22. The maximum atomic E-state index is 12.1. The largest absolute Gasteiger partial charge is 0.490 e. The van der Waals surface area contributed by atoms with Crippen LogP contribution in [-0.4, -0.2) is 65.2 Å². The van der Waals surface area contributed by atoms with Gasteiger partial charge in [-0.25, -0.2) is 0 Å². The van der Waals surface area contributed by atoms with Gasteiger partial charge in [-0.05, 0) is 88.2 Å². The summed E-state index contributed by atoms with van der Waals surface area (Å²) in [5.74, 6) is 1.04. The van der Waals surface area contributed by atoms with Crippen LogP contribution in [0.25, 0.3) is 0 Å². The zero-order chi connectivity index (χ0) is 21.8. The number of halogens is 1. The van der Waals surface area contributed by atoms with Crippen molar-refractivity contribution in [2.75, 3.05) is 32.7 Å². The Morgan fingerprint density at radius 1 is 1.10 bits per heavy atom. The molecule has 1 saturated carbocycles. The van der Waals surface area contributed by atoms with Crippen molar-refractivity contribution in [3.63, 3.8) is 0 Å². The highest BCUT2D eigenvalue weighted by molar-refractivity contribution is 6.30. The summed E-state index contributed by atoms with van der Waals surface area (Å²) in [5.41, 5.74) is 0.511. The minimum Gasteiger partial charge on any atom is -0.490 e. The first-order chi connectivity index (χ1) is 15.0. The lowest BCUT2D eigenvalue weighted by Crippen LogP contribution is -2.58. The van der Waals surface area contributed by atoms with Crippen LogP contribution >= 0.6 is 11.6 Å². The predicted octanol–water partition coefficient (Wildman–Crippen LogP) is 4.99. The quantitative estimate of drug-likeness (QED) is 0.664. The Balaban J connectivity index is 1.22. The van der Waals surface area contributed by atoms with Crippen molar-refractivity contribution < 1.29 is 14.6 Å². The number of carboxylic acids is 1. The second-order valence-electron chi connectivity index (χ2n) is 9.86. The predicted molar refractivity (Wildman–Crippen MR) is 124 cm³/mol. The van der Waals surface area contributed by atoms with Crippen LogP contribution in [-0.2, 0) is 4.79 Å². The first kappa shape index (κ1) is 22.9. The van der Waals surface area contributed by atoms with E-state index in [1.807, 2.05) is 25.1 Å². The first-order valence-electron chi connectivity index (χ1n) is 12.1. The van der Waals surface area contributed by atoms with Gasteiger partial charge in [0.25, 0.3) is 0 Å². The maximum absolute atomic E-state index is 12.1. The molecule has 3 aliphatic rings. The molecule has 2 saturated heterocycles. The van der Waals surface area contributed by atoms with Crippen molar-refractivity contribution >= 4 is 17.6 Å². The molecule has 0 spiro atoms. The molecule has 5 nitrogen and oxygen atoms in total. The lowest BCUT2D eigenvalue weighted by atomic mass is 9.78.